The largest absolute Gasteiger partial charge is 0.478 e. The Morgan fingerprint density at radius 1 is 1.26 bits per heavy atom. The van der Waals surface area contributed by atoms with Gasteiger partial charge in [-0.05, 0) is 25.5 Å². The number of carboxylic acid groups (broad SMARTS) is 1. The van der Waals surface area contributed by atoms with E-state index >= 15 is 0 Å². The van der Waals surface area contributed by atoms with E-state index in [1.165, 1.54) is 12.1 Å². The fourth-order valence-corrected chi connectivity index (χ4v) is 1.56. The Labute approximate surface area is 112 Å². The molecule has 1 aromatic carbocycles. The molecule has 19 heavy (non-hydrogen) atoms. The fraction of sp³-hybridized carbons (Fsp3) is 0.429. The van der Waals surface area contributed by atoms with Crippen molar-refractivity contribution in [2.75, 3.05) is 0 Å². The van der Waals surface area contributed by atoms with Gasteiger partial charge in [-0.1, -0.05) is 31.9 Å². The Kier molecular flexibility index (Phi) is 6.02. The molecule has 104 valence electrons. The maximum atomic E-state index is 11.7. The average molecular weight is 266 g/mol. The van der Waals surface area contributed by atoms with Gasteiger partial charge in [0.15, 0.2) is 0 Å². The minimum atomic E-state index is -1.17. The quantitative estimate of drug-likeness (QED) is 0.606. The van der Waals surface area contributed by atoms with E-state index in [9.17, 15) is 9.59 Å². The molecule has 0 amide bonds. The molecule has 0 aliphatic carbocycles. The summed E-state index contributed by atoms with van der Waals surface area (Å²) in [6.45, 7) is 3.86. The van der Waals surface area contributed by atoms with Crippen molar-refractivity contribution in [1.29, 1.82) is 0 Å². The van der Waals surface area contributed by atoms with Gasteiger partial charge in [-0.2, -0.15) is 4.89 Å². The predicted octanol–water partition coefficient (Wildman–Crippen LogP) is 3.05. The Morgan fingerprint density at radius 2 is 1.89 bits per heavy atom. The van der Waals surface area contributed by atoms with Crippen molar-refractivity contribution < 1.29 is 24.5 Å². The monoisotopic (exact) mass is 266 g/mol. The number of carbonyl (C=O) groups excluding carboxylic acids is 1. The summed E-state index contributed by atoms with van der Waals surface area (Å²) in [5.74, 6) is -1.96. The molecular formula is C14H18O5. The molecule has 1 rings (SSSR count). The van der Waals surface area contributed by atoms with E-state index in [-0.39, 0.29) is 17.2 Å². The third-order valence-corrected chi connectivity index (χ3v) is 2.63. The molecule has 0 bridgehead atoms. The van der Waals surface area contributed by atoms with E-state index < -0.39 is 11.9 Å². The summed E-state index contributed by atoms with van der Waals surface area (Å²) in [5, 5.41) is 8.96. The average Bonchev–Trinajstić information content (AvgIpc) is 2.42. The molecule has 0 fully saturated rings. The summed E-state index contributed by atoms with van der Waals surface area (Å²) in [7, 11) is 0. The Bertz CT molecular complexity index is 441. The first-order valence-electron chi connectivity index (χ1n) is 6.26. The van der Waals surface area contributed by atoms with Crippen LogP contribution in [0.2, 0.25) is 0 Å². The van der Waals surface area contributed by atoms with Crippen molar-refractivity contribution in [2.45, 2.75) is 39.2 Å². The Balaban J connectivity index is 2.61. The molecule has 0 aliphatic rings. The summed E-state index contributed by atoms with van der Waals surface area (Å²) in [4.78, 5) is 32.3. The number of aromatic carboxylic acids is 1. The van der Waals surface area contributed by atoms with Crippen molar-refractivity contribution in [3.63, 3.8) is 0 Å². The van der Waals surface area contributed by atoms with Crippen LogP contribution in [0.3, 0.4) is 0 Å². The van der Waals surface area contributed by atoms with Crippen LogP contribution < -0.4 is 0 Å². The minimum absolute atomic E-state index is 0.0160. The van der Waals surface area contributed by atoms with Crippen molar-refractivity contribution in [3.8, 4) is 0 Å². The molecule has 0 aromatic heterocycles. The van der Waals surface area contributed by atoms with Crippen LogP contribution in [0.25, 0.3) is 0 Å². The highest BCUT2D eigenvalue weighted by molar-refractivity contribution is 6.02. The normalized spacial score (nSPS) is 11.9. The van der Waals surface area contributed by atoms with Crippen LogP contribution in [0.1, 0.15) is 53.8 Å². The number of hydrogen-bond donors (Lipinski definition) is 1. The SMILES string of the molecule is CCCCC(C)OOC(=O)c1ccccc1C(=O)O. The Morgan fingerprint density at radius 3 is 2.47 bits per heavy atom. The second-order valence-corrected chi connectivity index (χ2v) is 4.27. The third kappa shape index (κ3) is 4.71. The molecule has 0 aliphatic heterocycles. The topological polar surface area (TPSA) is 72.8 Å². The molecule has 0 radical (unpaired) electrons. The summed E-state index contributed by atoms with van der Waals surface area (Å²) in [6, 6.07) is 5.86. The fourth-order valence-electron chi connectivity index (χ4n) is 1.56. The maximum absolute atomic E-state index is 11.7. The first kappa shape index (κ1) is 15.2. The van der Waals surface area contributed by atoms with Crippen LogP contribution in [0, 0.1) is 0 Å². The molecule has 0 spiro atoms. The number of carboxylic acids is 1. The smallest absolute Gasteiger partial charge is 0.373 e. The van der Waals surface area contributed by atoms with Crippen molar-refractivity contribution in [1.82, 2.24) is 0 Å². The lowest BCUT2D eigenvalue weighted by atomic mass is 10.1. The first-order chi connectivity index (χ1) is 9.06. The van der Waals surface area contributed by atoms with Crippen molar-refractivity contribution in [2.24, 2.45) is 0 Å². The van der Waals surface area contributed by atoms with Gasteiger partial charge >= 0.3 is 11.9 Å². The highest BCUT2D eigenvalue weighted by Crippen LogP contribution is 2.12. The Hall–Kier alpha value is -1.88. The lowest BCUT2D eigenvalue weighted by molar-refractivity contribution is -0.271. The number of benzene rings is 1. The van der Waals surface area contributed by atoms with E-state index in [2.05, 4.69) is 11.8 Å². The molecule has 0 saturated heterocycles. The lowest BCUT2D eigenvalue weighted by Gasteiger charge is -2.11. The summed E-state index contributed by atoms with van der Waals surface area (Å²) in [5.41, 5.74) is -0.116. The minimum Gasteiger partial charge on any atom is -0.478 e. The van der Waals surface area contributed by atoms with Crippen LogP contribution >= 0.6 is 0 Å². The van der Waals surface area contributed by atoms with Gasteiger partial charge in [-0.25, -0.2) is 9.59 Å². The molecule has 1 aromatic rings. The molecule has 0 heterocycles. The molecule has 5 nitrogen and oxygen atoms in total. The zero-order valence-corrected chi connectivity index (χ0v) is 11.1. The molecule has 1 atom stereocenters. The molecule has 1 N–H and O–H groups in total. The van der Waals surface area contributed by atoms with Gasteiger partial charge in [0.2, 0.25) is 0 Å². The van der Waals surface area contributed by atoms with Gasteiger partial charge in [-0.3, -0.25) is 4.89 Å². The van der Waals surface area contributed by atoms with Crippen LogP contribution in [-0.4, -0.2) is 23.1 Å². The first-order valence-corrected chi connectivity index (χ1v) is 6.26. The van der Waals surface area contributed by atoms with E-state index in [4.69, 9.17) is 9.99 Å². The summed E-state index contributed by atoms with van der Waals surface area (Å²) in [6.07, 6.45) is 2.58. The number of unbranched alkanes of at least 4 members (excludes halogenated alkanes) is 1. The van der Waals surface area contributed by atoms with Gasteiger partial charge < -0.3 is 5.11 Å². The van der Waals surface area contributed by atoms with E-state index in [1.54, 1.807) is 19.1 Å². The van der Waals surface area contributed by atoms with Crippen LogP contribution in [-0.2, 0) is 9.78 Å². The van der Waals surface area contributed by atoms with Crippen LogP contribution in [0.15, 0.2) is 24.3 Å². The predicted molar refractivity (Wildman–Crippen MR) is 68.9 cm³/mol. The molecule has 0 saturated carbocycles. The van der Waals surface area contributed by atoms with Gasteiger partial charge in [0, 0.05) is 0 Å². The zero-order valence-electron chi connectivity index (χ0n) is 11.1. The molecule has 1 unspecified atom stereocenters. The summed E-state index contributed by atoms with van der Waals surface area (Å²) >= 11 is 0. The zero-order chi connectivity index (χ0) is 14.3. The second-order valence-electron chi connectivity index (χ2n) is 4.27. The van der Waals surface area contributed by atoms with Crippen LogP contribution in [0.4, 0.5) is 0 Å². The van der Waals surface area contributed by atoms with E-state index in [0.29, 0.717) is 0 Å². The number of rotatable bonds is 7. The van der Waals surface area contributed by atoms with Crippen molar-refractivity contribution >= 4 is 11.9 Å². The lowest BCUT2D eigenvalue weighted by Crippen LogP contribution is -2.16. The van der Waals surface area contributed by atoms with Gasteiger partial charge in [0.05, 0.1) is 11.1 Å². The summed E-state index contributed by atoms with van der Waals surface area (Å²) < 4.78 is 0. The van der Waals surface area contributed by atoms with Gasteiger partial charge in [-0.15, -0.1) is 0 Å². The molecule has 5 heteroatoms. The maximum Gasteiger partial charge on any atom is 0.373 e. The second kappa shape index (κ2) is 7.53. The standard InChI is InChI=1S/C14H18O5/c1-3-4-7-10(2)18-19-14(17)12-9-6-5-8-11(12)13(15)16/h5-6,8-10H,3-4,7H2,1-2H3,(H,15,16). The van der Waals surface area contributed by atoms with Crippen LogP contribution in [0.5, 0.6) is 0 Å². The van der Waals surface area contributed by atoms with Crippen molar-refractivity contribution in [3.05, 3.63) is 35.4 Å². The van der Waals surface area contributed by atoms with E-state index in [1.807, 2.05) is 0 Å². The number of hydrogen-bond acceptors (Lipinski definition) is 4. The van der Waals surface area contributed by atoms with E-state index in [0.717, 1.165) is 19.3 Å². The number of carbonyl (C=O) groups is 2. The molecular weight excluding hydrogens is 248 g/mol. The highest BCUT2D eigenvalue weighted by atomic mass is 17.2. The van der Waals surface area contributed by atoms with Gasteiger partial charge in [0.25, 0.3) is 0 Å². The highest BCUT2D eigenvalue weighted by Gasteiger charge is 2.18. The van der Waals surface area contributed by atoms with Gasteiger partial charge in [0.1, 0.15) is 6.10 Å². The third-order valence-electron chi connectivity index (χ3n) is 2.63.